The summed E-state index contributed by atoms with van der Waals surface area (Å²) in [6.45, 7) is 1.77. The molecule has 280 valence electrons. The smallest absolute Gasteiger partial charge is 0.472 e. The molecule has 0 amide bonds. The van der Waals surface area contributed by atoms with Crippen LogP contribution in [0.4, 0.5) is 0 Å². The van der Waals surface area contributed by atoms with E-state index in [1.165, 1.54) is 60.1 Å². The number of methoxy groups -OCH3 is 3. The van der Waals surface area contributed by atoms with Crippen molar-refractivity contribution in [1.82, 2.24) is 9.55 Å². The van der Waals surface area contributed by atoms with Gasteiger partial charge in [-0.25, -0.2) is 9.36 Å². The van der Waals surface area contributed by atoms with Crippen LogP contribution < -0.4 is 25.5 Å². The molecule has 20 heteroatoms. The lowest BCUT2D eigenvalue weighted by molar-refractivity contribution is -0.179. The minimum atomic E-state index is -5.11. The van der Waals surface area contributed by atoms with Gasteiger partial charge >= 0.3 is 25.5 Å². The number of esters is 2. The van der Waals surface area contributed by atoms with Gasteiger partial charge in [0, 0.05) is 41.6 Å². The highest BCUT2D eigenvalue weighted by atomic mass is 32.2. The number of aliphatic hydroxyl groups excluding tert-OH is 1. The highest BCUT2D eigenvalue weighted by Crippen LogP contribution is 2.49. The second-order valence-electron chi connectivity index (χ2n) is 10.8. The maximum atomic E-state index is 13.3. The Morgan fingerprint density at radius 2 is 1.68 bits per heavy atom. The molecule has 0 spiro atoms. The molecule has 1 aromatic carbocycles. The molecule has 1 aromatic heterocycles. The van der Waals surface area contributed by atoms with E-state index in [0.29, 0.717) is 28.6 Å². The van der Waals surface area contributed by atoms with Crippen LogP contribution in [-0.4, -0.2) is 104 Å². The van der Waals surface area contributed by atoms with Gasteiger partial charge in [-0.2, -0.15) is 0 Å². The standard InChI is InChI=1S/C30H43N2O16PS/c1-7-44-27(35)30(28(36)45-8-2,15-43-17-50-14-20-21(41-5)9-19(40-4)10-22(20)42-6)16-46-49(38,39)48-23-11-25(47-24(23)13-33)32-12-18(3)26(34)31-29(32)37/h9-10,12,23-25,33H,7-8,11,13-17H2,1-6H3,(H,38,39)(H,31,34,37)/t23-,24?,25-/m1/s1. The molecule has 0 aliphatic carbocycles. The van der Waals surface area contributed by atoms with Gasteiger partial charge in [0.2, 0.25) is 5.41 Å². The summed E-state index contributed by atoms with van der Waals surface area (Å²) in [7, 11) is -0.623. The molecule has 0 bridgehead atoms. The monoisotopic (exact) mass is 750 g/mol. The summed E-state index contributed by atoms with van der Waals surface area (Å²) < 4.78 is 62.6. The lowest BCUT2D eigenvalue weighted by Crippen LogP contribution is -2.49. The van der Waals surface area contributed by atoms with Crippen LogP contribution >= 0.6 is 19.6 Å². The van der Waals surface area contributed by atoms with E-state index < -0.39 is 74.7 Å². The Kier molecular flexibility index (Phi) is 15.3. The van der Waals surface area contributed by atoms with Crippen LogP contribution in [0.1, 0.15) is 37.6 Å². The molecule has 18 nitrogen and oxygen atoms in total. The van der Waals surface area contributed by atoms with Gasteiger partial charge in [-0.05, 0) is 20.8 Å². The van der Waals surface area contributed by atoms with E-state index in [9.17, 15) is 33.7 Å². The summed E-state index contributed by atoms with van der Waals surface area (Å²) in [6, 6.07) is 3.37. The molecule has 50 heavy (non-hydrogen) atoms. The number of carbonyl (C=O) groups excluding carboxylic acids is 2. The van der Waals surface area contributed by atoms with Gasteiger partial charge < -0.3 is 43.2 Å². The van der Waals surface area contributed by atoms with Crippen LogP contribution in [0.25, 0.3) is 0 Å². The number of aromatic nitrogens is 2. The number of H-pyrrole nitrogens is 1. The lowest BCUT2D eigenvalue weighted by atomic mass is 9.90. The number of nitrogens with one attached hydrogen (secondary N) is 1. The van der Waals surface area contributed by atoms with Crippen LogP contribution in [0.15, 0.2) is 27.9 Å². The average Bonchev–Trinajstić information content (AvgIpc) is 3.48. The Hall–Kier alpha value is -3.42. The largest absolute Gasteiger partial charge is 0.496 e. The molecule has 1 aliphatic rings. The zero-order valence-electron chi connectivity index (χ0n) is 28.5. The van der Waals surface area contributed by atoms with Gasteiger partial charge in [0.25, 0.3) is 5.56 Å². The van der Waals surface area contributed by atoms with E-state index >= 15 is 0 Å². The maximum absolute atomic E-state index is 13.3. The quantitative estimate of drug-likeness (QED) is 0.0575. The fraction of sp³-hybridized carbons (Fsp3) is 0.600. The number of ether oxygens (including phenoxy) is 7. The zero-order chi connectivity index (χ0) is 37.1. The van der Waals surface area contributed by atoms with E-state index in [1.54, 1.807) is 12.1 Å². The van der Waals surface area contributed by atoms with Crippen LogP contribution in [0.5, 0.6) is 17.2 Å². The predicted molar refractivity (Wildman–Crippen MR) is 176 cm³/mol. The Morgan fingerprint density at radius 1 is 1.06 bits per heavy atom. The summed E-state index contributed by atoms with van der Waals surface area (Å²) in [5.41, 5.74) is -2.87. The normalized spacial score (nSPS) is 18.7. The molecule has 3 N–H and O–H groups in total. The number of hydrogen-bond acceptors (Lipinski definition) is 16. The first-order chi connectivity index (χ1) is 23.8. The van der Waals surface area contributed by atoms with Gasteiger partial charge in [0.05, 0.1) is 60.3 Å². The SMILES string of the molecule is CCOC(=O)C(COCSCc1c(OC)cc(OC)cc1OC)(COP(=O)(O)O[C@@H]1C[C@H](n2cc(C)c(=O)[nH]c2=O)OC1CO)C(=O)OCC. The number of hydrogen-bond donors (Lipinski definition) is 3. The molecular weight excluding hydrogens is 707 g/mol. The number of carbonyl (C=O) groups is 2. The predicted octanol–water partition coefficient (Wildman–Crippen LogP) is 1.67. The minimum absolute atomic E-state index is 0.0746. The molecule has 4 atom stereocenters. The fourth-order valence-electron chi connectivity index (χ4n) is 4.88. The Bertz CT molecular complexity index is 1590. The number of aryl methyl sites for hydroxylation is 1. The van der Waals surface area contributed by atoms with E-state index in [4.69, 9.17) is 42.2 Å². The highest BCUT2D eigenvalue weighted by molar-refractivity contribution is 7.98. The number of aliphatic hydroxyl groups is 1. The molecule has 1 aliphatic heterocycles. The van der Waals surface area contributed by atoms with Crippen molar-refractivity contribution < 1.29 is 66.4 Å². The van der Waals surface area contributed by atoms with Crippen molar-refractivity contribution in [2.24, 2.45) is 5.41 Å². The highest BCUT2D eigenvalue weighted by Gasteiger charge is 2.52. The number of phosphoric acid groups is 1. The topological polar surface area (TPSA) is 230 Å². The molecular formula is C30H43N2O16PS. The van der Waals surface area contributed by atoms with Crippen LogP contribution in [0.3, 0.4) is 0 Å². The third-order valence-corrected chi connectivity index (χ3v) is 9.29. The van der Waals surface area contributed by atoms with E-state index in [2.05, 4.69) is 4.98 Å². The first kappa shape index (κ1) is 41.0. The van der Waals surface area contributed by atoms with Crippen molar-refractivity contribution >= 4 is 31.5 Å². The van der Waals surface area contributed by atoms with Crippen molar-refractivity contribution in [2.75, 3.05) is 60.3 Å². The molecule has 2 aromatic rings. The molecule has 1 saturated heterocycles. The molecule has 2 unspecified atom stereocenters. The lowest BCUT2D eigenvalue weighted by Gasteiger charge is -2.29. The van der Waals surface area contributed by atoms with Gasteiger partial charge in [0.1, 0.15) is 35.7 Å². The third kappa shape index (κ3) is 10.1. The summed E-state index contributed by atoms with van der Waals surface area (Å²) in [5.74, 6) is -0.504. The second kappa shape index (κ2) is 18.7. The molecule has 2 heterocycles. The number of benzene rings is 1. The van der Waals surface area contributed by atoms with Gasteiger partial charge in [-0.1, -0.05) is 0 Å². The van der Waals surface area contributed by atoms with Crippen LogP contribution in [0.2, 0.25) is 0 Å². The maximum Gasteiger partial charge on any atom is 0.472 e. The fourth-order valence-corrected chi connectivity index (χ4v) is 6.66. The number of nitrogens with zero attached hydrogens (tertiary/aromatic N) is 1. The average molecular weight is 751 g/mol. The van der Waals surface area contributed by atoms with Crippen molar-refractivity contribution in [2.45, 2.75) is 51.4 Å². The molecule has 3 rings (SSSR count). The van der Waals surface area contributed by atoms with Gasteiger partial charge in [-0.3, -0.25) is 33.0 Å². The minimum Gasteiger partial charge on any atom is -0.496 e. The first-order valence-corrected chi connectivity index (χ1v) is 18.0. The number of aromatic amines is 1. The van der Waals surface area contributed by atoms with Crippen LogP contribution in [-0.2, 0) is 47.9 Å². The summed E-state index contributed by atoms with van der Waals surface area (Å²) >= 11 is 1.24. The van der Waals surface area contributed by atoms with Crippen LogP contribution in [0, 0.1) is 12.3 Å². The van der Waals surface area contributed by atoms with E-state index in [-0.39, 0.29) is 31.1 Å². The second-order valence-corrected chi connectivity index (χ2v) is 13.1. The Balaban J connectivity index is 1.76. The summed E-state index contributed by atoms with van der Waals surface area (Å²) in [6.07, 6.45) is -2.53. The summed E-state index contributed by atoms with van der Waals surface area (Å²) in [4.78, 5) is 63.6. The number of phosphoric ester groups is 1. The van der Waals surface area contributed by atoms with E-state index in [0.717, 1.165) is 4.57 Å². The van der Waals surface area contributed by atoms with E-state index in [1.807, 2.05) is 0 Å². The molecule has 1 fully saturated rings. The molecule has 0 radical (unpaired) electrons. The third-order valence-electron chi connectivity index (χ3n) is 7.47. The van der Waals surface area contributed by atoms with Crippen molar-refractivity contribution in [3.63, 3.8) is 0 Å². The van der Waals surface area contributed by atoms with Gasteiger partial charge in [-0.15, -0.1) is 11.8 Å². The van der Waals surface area contributed by atoms with Crippen molar-refractivity contribution in [1.29, 1.82) is 0 Å². The number of thioether (sulfide) groups is 1. The Morgan fingerprint density at radius 3 is 2.22 bits per heavy atom. The molecule has 0 saturated carbocycles. The van der Waals surface area contributed by atoms with Gasteiger partial charge in [0.15, 0.2) is 0 Å². The summed E-state index contributed by atoms with van der Waals surface area (Å²) in [5, 5.41) is 9.86. The zero-order valence-corrected chi connectivity index (χ0v) is 30.2. The van der Waals surface area contributed by atoms with Crippen molar-refractivity contribution in [3.8, 4) is 17.2 Å². The number of rotatable bonds is 20. The first-order valence-electron chi connectivity index (χ1n) is 15.3. The van der Waals surface area contributed by atoms with Crippen molar-refractivity contribution in [3.05, 3.63) is 50.3 Å². The Labute approximate surface area is 291 Å².